The third kappa shape index (κ3) is 3.70. The Bertz CT molecular complexity index is 285. The zero-order valence-electron chi connectivity index (χ0n) is 10.8. The van der Waals surface area contributed by atoms with Crippen LogP contribution in [0.15, 0.2) is 0 Å². The highest BCUT2D eigenvalue weighted by Gasteiger charge is 2.47. The summed E-state index contributed by atoms with van der Waals surface area (Å²) in [5.41, 5.74) is -1.18. The van der Waals surface area contributed by atoms with Crippen LogP contribution in [0.3, 0.4) is 0 Å². The van der Waals surface area contributed by atoms with E-state index in [1.807, 2.05) is 0 Å². The summed E-state index contributed by atoms with van der Waals surface area (Å²) in [5, 5.41) is 20.6. The lowest BCUT2D eigenvalue weighted by Crippen LogP contribution is -2.45. The van der Waals surface area contributed by atoms with E-state index in [0.29, 0.717) is 19.4 Å². The zero-order chi connectivity index (χ0) is 13.4. The second-order valence-corrected chi connectivity index (χ2v) is 4.99. The summed E-state index contributed by atoms with van der Waals surface area (Å²) in [6.07, 6.45) is 6.05. The van der Waals surface area contributed by atoms with Gasteiger partial charge in [0.25, 0.3) is 0 Å². The molecule has 0 aliphatic heterocycles. The van der Waals surface area contributed by atoms with E-state index in [2.05, 4.69) is 5.32 Å². The van der Waals surface area contributed by atoms with E-state index in [1.165, 1.54) is 0 Å². The number of carbonyl (C=O) groups is 2. The average Bonchev–Trinajstić information content (AvgIpc) is 2.84. The number of aliphatic hydroxyl groups is 1. The van der Waals surface area contributed by atoms with Gasteiger partial charge in [-0.15, -0.1) is 0 Å². The maximum absolute atomic E-state index is 12.0. The molecule has 1 amide bonds. The molecule has 0 radical (unpaired) electrons. The van der Waals surface area contributed by atoms with E-state index in [4.69, 9.17) is 5.11 Å². The first-order valence-corrected chi connectivity index (χ1v) is 6.76. The van der Waals surface area contributed by atoms with Crippen LogP contribution in [0.2, 0.25) is 0 Å². The van der Waals surface area contributed by atoms with E-state index < -0.39 is 11.4 Å². The Morgan fingerprint density at radius 1 is 1.06 bits per heavy atom. The molecule has 1 rings (SSSR count). The zero-order valence-corrected chi connectivity index (χ0v) is 10.8. The van der Waals surface area contributed by atoms with Crippen molar-refractivity contribution in [2.24, 2.45) is 5.41 Å². The van der Waals surface area contributed by atoms with Gasteiger partial charge in [-0.3, -0.25) is 9.59 Å². The van der Waals surface area contributed by atoms with Gasteiger partial charge < -0.3 is 15.5 Å². The SMILES string of the molecule is O=C(O)C1(C(=O)NCCCCCCO)CCCC1. The fraction of sp³-hybridized carbons (Fsp3) is 0.846. The number of rotatable bonds is 8. The molecule has 0 aromatic rings. The summed E-state index contributed by atoms with van der Waals surface area (Å²) in [6.45, 7) is 0.730. The van der Waals surface area contributed by atoms with Crippen molar-refractivity contribution < 1.29 is 19.8 Å². The van der Waals surface area contributed by atoms with Crippen LogP contribution in [0.4, 0.5) is 0 Å². The Morgan fingerprint density at radius 2 is 1.67 bits per heavy atom. The van der Waals surface area contributed by atoms with E-state index in [9.17, 15) is 14.7 Å². The highest BCUT2D eigenvalue weighted by atomic mass is 16.4. The van der Waals surface area contributed by atoms with Crippen LogP contribution >= 0.6 is 0 Å². The number of carboxylic acid groups (broad SMARTS) is 1. The molecular formula is C13H23NO4. The molecule has 0 spiro atoms. The topological polar surface area (TPSA) is 86.6 Å². The number of nitrogens with one attached hydrogen (secondary N) is 1. The van der Waals surface area contributed by atoms with Crippen LogP contribution in [0.1, 0.15) is 51.4 Å². The van der Waals surface area contributed by atoms with Crippen LogP contribution in [0.25, 0.3) is 0 Å². The number of hydrogen-bond acceptors (Lipinski definition) is 3. The third-order valence-corrected chi connectivity index (χ3v) is 3.67. The highest BCUT2D eigenvalue weighted by Crippen LogP contribution is 2.38. The molecule has 1 aliphatic rings. The third-order valence-electron chi connectivity index (χ3n) is 3.67. The minimum Gasteiger partial charge on any atom is -0.480 e. The van der Waals surface area contributed by atoms with E-state index >= 15 is 0 Å². The van der Waals surface area contributed by atoms with Crippen LogP contribution in [-0.2, 0) is 9.59 Å². The average molecular weight is 257 g/mol. The lowest BCUT2D eigenvalue weighted by atomic mass is 9.85. The fourth-order valence-electron chi connectivity index (χ4n) is 2.48. The van der Waals surface area contributed by atoms with Gasteiger partial charge in [0.1, 0.15) is 5.41 Å². The number of hydrogen-bond donors (Lipinski definition) is 3. The second-order valence-electron chi connectivity index (χ2n) is 4.99. The number of amides is 1. The second kappa shape index (κ2) is 7.36. The molecule has 0 aromatic heterocycles. The quantitative estimate of drug-likeness (QED) is 0.452. The summed E-state index contributed by atoms with van der Waals surface area (Å²) < 4.78 is 0. The first kappa shape index (κ1) is 15.0. The van der Waals surface area contributed by atoms with Crippen LogP contribution in [0, 0.1) is 5.41 Å². The molecule has 1 fully saturated rings. The molecule has 104 valence electrons. The molecule has 1 aliphatic carbocycles. The Kier molecular flexibility index (Phi) is 6.12. The molecule has 0 unspecified atom stereocenters. The predicted molar refractivity (Wildman–Crippen MR) is 67.1 cm³/mol. The van der Waals surface area contributed by atoms with Gasteiger partial charge in [-0.2, -0.15) is 0 Å². The minimum absolute atomic E-state index is 0.203. The first-order chi connectivity index (χ1) is 8.63. The van der Waals surface area contributed by atoms with Crippen molar-refractivity contribution in [2.45, 2.75) is 51.4 Å². The van der Waals surface area contributed by atoms with Gasteiger partial charge in [0.15, 0.2) is 0 Å². The minimum atomic E-state index is -1.18. The lowest BCUT2D eigenvalue weighted by molar-refractivity contribution is -0.155. The van der Waals surface area contributed by atoms with Gasteiger partial charge in [-0.1, -0.05) is 25.7 Å². The van der Waals surface area contributed by atoms with E-state index in [-0.39, 0.29) is 12.5 Å². The molecule has 0 atom stereocenters. The Hall–Kier alpha value is -1.10. The van der Waals surface area contributed by atoms with Gasteiger partial charge in [0.2, 0.25) is 5.91 Å². The van der Waals surface area contributed by atoms with Crippen molar-refractivity contribution >= 4 is 11.9 Å². The molecule has 0 bridgehead atoms. The molecule has 5 nitrogen and oxygen atoms in total. The smallest absolute Gasteiger partial charge is 0.319 e. The maximum atomic E-state index is 12.0. The van der Waals surface area contributed by atoms with Crippen molar-refractivity contribution in [3.8, 4) is 0 Å². The molecule has 0 saturated heterocycles. The van der Waals surface area contributed by atoms with Crippen LogP contribution in [0.5, 0.6) is 0 Å². The normalized spacial score (nSPS) is 17.6. The standard InChI is InChI=1S/C13H23NO4/c15-10-6-2-1-5-9-14-11(16)13(12(17)18)7-3-4-8-13/h15H,1-10H2,(H,14,16)(H,17,18). The molecule has 1 saturated carbocycles. The van der Waals surface area contributed by atoms with Crippen molar-refractivity contribution in [3.05, 3.63) is 0 Å². The highest BCUT2D eigenvalue weighted by molar-refractivity contribution is 6.02. The monoisotopic (exact) mass is 257 g/mol. The molecule has 0 heterocycles. The van der Waals surface area contributed by atoms with E-state index in [0.717, 1.165) is 38.5 Å². The largest absolute Gasteiger partial charge is 0.480 e. The summed E-state index contributed by atoms with van der Waals surface area (Å²) in [6, 6.07) is 0. The van der Waals surface area contributed by atoms with Crippen molar-refractivity contribution in [2.75, 3.05) is 13.2 Å². The predicted octanol–water partition coefficient (Wildman–Crippen LogP) is 1.30. The molecule has 3 N–H and O–H groups in total. The number of carbonyl (C=O) groups excluding carboxylic acids is 1. The molecule has 5 heteroatoms. The fourth-order valence-corrected chi connectivity index (χ4v) is 2.48. The molecule has 18 heavy (non-hydrogen) atoms. The summed E-state index contributed by atoms with van der Waals surface area (Å²) in [4.78, 5) is 23.2. The molecular weight excluding hydrogens is 234 g/mol. The number of carboxylic acids is 1. The number of aliphatic carboxylic acids is 1. The van der Waals surface area contributed by atoms with Crippen LogP contribution < -0.4 is 5.32 Å². The Balaban J connectivity index is 2.28. The van der Waals surface area contributed by atoms with Gasteiger partial charge in [0, 0.05) is 13.2 Å². The summed E-state index contributed by atoms with van der Waals surface area (Å²) in [5.74, 6) is -1.31. The van der Waals surface area contributed by atoms with Gasteiger partial charge >= 0.3 is 5.97 Å². The summed E-state index contributed by atoms with van der Waals surface area (Å²) >= 11 is 0. The van der Waals surface area contributed by atoms with E-state index in [1.54, 1.807) is 0 Å². The van der Waals surface area contributed by atoms with Crippen molar-refractivity contribution in [3.63, 3.8) is 0 Å². The first-order valence-electron chi connectivity index (χ1n) is 6.76. The Labute approximate surface area is 108 Å². The number of unbranched alkanes of at least 4 members (excludes halogenated alkanes) is 3. The molecule has 0 aromatic carbocycles. The lowest BCUT2D eigenvalue weighted by Gasteiger charge is -2.22. The number of aliphatic hydroxyl groups excluding tert-OH is 1. The van der Waals surface area contributed by atoms with Crippen molar-refractivity contribution in [1.29, 1.82) is 0 Å². The van der Waals surface area contributed by atoms with Gasteiger partial charge in [-0.05, 0) is 25.7 Å². The van der Waals surface area contributed by atoms with Crippen molar-refractivity contribution in [1.82, 2.24) is 5.32 Å². The summed E-state index contributed by atoms with van der Waals surface area (Å²) in [7, 11) is 0. The Morgan fingerprint density at radius 3 is 2.22 bits per heavy atom. The maximum Gasteiger partial charge on any atom is 0.319 e. The van der Waals surface area contributed by atoms with Gasteiger partial charge in [0.05, 0.1) is 0 Å². The van der Waals surface area contributed by atoms with Crippen LogP contribution in [-0.4, -0.2) is 35.2 Å². The van der Waals surface area contributed by atoms with Gasteiger partial charge in [-0.25, -0.2) is 0 Å².